The van der Waals surface area contributed by atoms with Gasteiger partial charge in [0.25, 0.3) is 0 Å². The number of rotatable bonds is 8. The first-order chi connectivity index (χ1) is 10.6. The molecular weight excluding hydrogens is 405 g/mol. The molecule has 2 saturated carbocycles. The third-order valence-electron chi connectivity index (χ3n) is 5.29. The second kappa shape index (κ2) is 10.0. The zero-order valence-corrected chi connectivity index (χ0v) is 17.0. The average molecular weight is 439 g/mol. The van der Waals surface area contributed by atoms with Crippen molar-refractivity contribution in [3.8, 4) is 0 Å². The Bertz CT molecular complexity index is 367. The fourth-order valence-corrected chi connectivity index (χ4v) is 3.53. The summed E-state index contributed by atoms with van der Waals surface area (Å²) >= 11 is 0. The molecule has 2 aliphatic carbocycles. The van der Waals surface area contributed by atoms with Crippen molar-refractivity contribution < 1.29 is 9.84 Å². The molecule has 0 aromatic carbocycles. The van der Waals surface area contributed by atoms with E-state index in [0.717, 1.165) is 51.3 Å². The molecule has 0 radical (unpaired) electrons. The van der Waals surface area contributed by atoms with Gasteiger partial charge >= 0.3 is 0 Å². The van der Waals surface area contributed by atoms with Crippen LogP contribution in [0.15, 0.2) is 4.99 Å². The number of nitrogens with zero attached hydrogens (tertiary/aromatic N) is 1. The van der Waals surface area contributed by atoms with Crippen molar-refractivity contribution in [3.05, 3.63) is 0 Å². The van der Waals surface area contributed by atoms with Crippen LogP contribution in [0.2, 0.25) is 0 Å². The van der Waals surface area contributed by atoms with Gasteiger partial charge in [-0.3, -0.25) is 4.99 Å². The summed E-state index contributed by atoms with van der Waals surface area (Å²) in [6.45, 7) is 5.19. The maximum atomic E-state index is 10.2. The van der Waals surface area contributed by atoms with Crippen molar-refractivity contribution in [2.24, 2.45) is 10.4 Å². The number of aliphatic imine (C=N–C) groups is 1. The summed E-state index contributed by atoms with van der Waals surface area (Å²) in [7, 11) is 1.77. The molecule has 0 unspecified atom stereocenters. The predicted octanol–water partition coefficient (Wildman–Crippen LogP) is 2.67. The normalized spacial score (nSPS) is 22.1. The third-order valence-corrected chi connectivity index (χ3v) is 5.29. The Labute approximate surface area is 158 Å². The standard InChI is InChI=1S/C17H33N3O2.HI/c1-3-18-15(20-14-17(21)9-6-10-17)19-13-16(11-12-22-2)7-4-5-8-16;/h21H,3-14H2,1-2H3,(H2,18,19,20);1H. The Morgan fingerprint density at radius 3 is 2.35 bits per heavy atom. The van der Waals surface area contributed by atoms with Crippen LogP contribution in [0.1, 0.15) is 58.3 Å². The highest BCUT2D eigenvalue weighted by atomic mass is 127. The van der Waals surface area contributed by atoms with E-state index in [1.165, 1.54) is 25.7 Å². The van der Waals surface area contributed by atoms with Gasteiger partial charge in [0.2, 0.25) is 0 Å². The van der Waals surface area contributed by atoms with Crippen LogP contribution in [0.25, 0.3) is 0 Å². The lowest BCUT2D eigenvalue weighted by atomic mass is 9.80. The number of nitrogens with one attached hydrogen (secondary N) is 2. The molecule has 0 atom stereocenters. The quantitative estimate of drug-likeness (QED) is 0.309. The van der Waals surface area contributed by atoms with Crippen molar-refractivity contribution in [1.82, 2.24) is 10.6 Å². The topological polar surface area (TPSA) is 65.9 Å². The first-order valence-corrected chi connectivity index (χ1v) is 8.85. The van der Waals surface area contributed by atoms with Crippen molar-refractivity contribution in [1.29, 1.82) is 0 Å². The molecule has 0 spiro atoms. The lowest BCUT2D eigenvalue weighted by Gasteiger charge is -2.37. The van der Waals surface area contributed by atoms with Gasteiger partial charge in [-0.1, -0.05) is 12.8 Å². The van der Waals surface area contributed by atoms with Crippen LogP contribution in [-0.4, -0.2) is 50.0 Å². The highest BCUT2D eigenvalue weighted by Gasteiger charge is 2.35. The number of ether oxygens (including phenoxy) is 1. The van der Waals surface area contributed by atoms with E-state index in [4.69, 9.17) is 9.73 Å². The molecule has 0 saturated heterocycles. The van der Waals surface area contributed by atoms with E-state index in [2.05, 4.69) is 17.6 Å². The van der Waals surface area contributed by atoms with Gasteiger partial charge in [-0.2, -0.15) is 0 Å². The second-order valence-electron chi connectivity index (χ2n) is 7.08. The highest BCUT2D eigenvalue weighted by Crippen LogP contribution is 2.41. The molecule has 2 rings (SSSR count). The van der Waals surface area contributed by atoms with Crippen LogP contribution in [0.3, 0.4) is 0 Å². The summed E-state index contributed by atoms with van der Waals surface area (Å²) in [4.78, 5) is 4.81. The van der Waals surface area contributed by atoms with Crippen LogP contribution in [0.5, 0.6) is 0 Å². The fourth-order valence-electron chi connectivity index (χ4n) is 3.53. The smallest absolute Gasteiger partial charge is 0.191 e. The fraction of sp³-hybridized carbons (Fsp3) is 0.941. The Hall–Kier alpha value is -0.0800. The summed E-state index contributed by atoms with van der Waals surface area (Å²) in [5.74, 6) is 0.839. The van der Waals surface area contributed by atoms with Crippen LogP contribution in [0.4, 0.5) is 0 Å². The number of halogens is 1. The second-order valence-corrected chi connectivity index (χ2v) is 7.08. The molecule has 2 aliphatic rings. The SMILES string of the molecule is CCNC(=NCC1(CCOC)CCCC1)NCC1(O)CCC1.I. The summed E-state index contributed by atoms with van der Waals surface area (Å²) in [6.07, 6.45) is 9.15. The van der Waals surface area contributed by atoms with Gasteiger partial charge in [-0.15, -0.1) is 24.0 Å². The van der Waals surface area contributed by atoms with Gasteiger partial charge in [0.05, 0.1) is 5.60 Å². The van der Waals surface area contributed by atoms with Gasteiger partial charge < -0.3 is 20.5 Å². The summed E-state index contributed by atoms with van der Waals surface area (Å²) in [5, 5.41) is 16.8. The largest absolute Gasteiger partial charge is 0.388 e. The van der Waals surface area contributed by atoms with E-state index >= 15 is 0 Å². The Morgan fingerprint density at radius 2 is 1.83 bits per heavy atom. The number of methoxy groups -OCH3 is 1. The molecule has 3 N–H and O–H groups in total. The number of aliphatic hydroxyl groups is 1. The average Bonchev–Trinajstić information content (AvgIpc) is 2.95. The zero-order chi connectivity index (χ0) is 15.9. The molecular formula is C17H34IN3O2. The molecule has 0 heterocycles. The van der Waals surface area contributed by atoms with E-state index in [1.807, 2.05) is 0 Å². The molecule has 136 valence electrons. The highest BCUT2D eigenvalue weighted by molar-refractivity contribution is 14.0. The lowest BCUT2D eigenvalue weighted by molar-refractivity contribution is -0.0279. The monoisotopic (exact) mass is 439 g/mol. The number of hydrogen-bond acceptors (Lipinski definition) is 3. The third kappa shape index (κ3) is 6.38. The van der Waals surface area contributed by atoms with E-state index in [9.17, 15) is 5.11 Å². The van der Waals surface area contributed by atoms with Gasteiger partial charge in [0.15, 0.2) is 5.96 Å². The van der Waals surface area contributed by atoms with E-state index < -0.39 is 5.60 Å². The summed E-state index contributed by atoms with van der Waals surface area (Å²) in [6, 6.07) is 0. The van der Waals surface area contributed by atoms with Crippen LogP contribution in [-0.2, 0) is 4.74 Å². The van der Waals surface area contributed by atoms with E-state index in [1.54, 1.807) is 7.11 Å². The van der Waals surface area contributed by atoms with Crippen molar-refractivity contribution in [3.63, 3.8) is 0 Å². The number of hydrogen-bond donors (Lipinski definition) is 3. The molecule has 0 aromatic heterocycles. The van der Waals surface area contributed by atoms with Crippen LogP contribution < -0.4 is 10.6 Å². The number of guanidine groups is 1. The molecule has 0 aliphatic heterocycles. The van der Waals surface area contributed by atoms with Crippen molar-refractivity contribution in [2.75, 3.05) is 33.4 Å². The molecule has 2 fully saturated rings. The van der Waals surface area contributed by atoms with Crippen molar-refractivity contribution in [2.45, 2.75) is 63.9 Å². The van der Waals surface area contributed by atoms with E-state index in [0.29, 0.717) is 12.0 Å². The summed E-state index contributed by atoms with van der Waals surface area (Å²) in [5.41, 5.74) is -0.205. The van der Waals surface area contributed by atoms with Gasteiger partial charge in [0, 0.05) is 33.4 Å². The molecule has 0 amide bonds. The Balaban J connectivity index is 0.00000264. The van der Waals surface area contributed by atoms with Gasteiger partial charge in [-0.25, -0.2) is 0 Å². The maximum Gasteiger partial charge on any atom is 0.191 e. The minimum Gasteiger partial charge on any atom is -0.388 e. The van der Waals surface area contributed by atoms with Gasteiger partial charge in [-0.05, 0) is 50.9 Å². The van der Waals surface area contributed by atoms with Crippen LogP contribution in [0, 0.1) is 5.41 Å². The first-order valence-electron chi connectivity index (χ1n) is 8.85. The molecule has 5 nitrogen and oxygen atoms in total. The summed E-state index contributed by atoms with van der Waals surface area (Å²) < 4.78 is 5.28. The predicted molar refractivity (Wildman–Crippen MR) is 106 cm³/mol. The maximum absolute atomic E-state index is 10.2. The van der Waals surface area contributed by atoms with Gasteiger partial charge in [0.1, 0.15) is 0 Å². The van der Waals surface area contributed by atoms with Crippen molar-refractivity contribution >= 4 is 29.9 Å². The van der Waals surface area contributed by atoms with Crippen LogP contribution >= 0.6 is 24.0 Å². The lowest BCUT2D eigenvalue weighted by Crippen LogP contribution is -2.50. The Morgan fingerprint density at radius 1 is 1.13 bits per heavy atom. The minimum absolute atomic E-state index is 0. The minimum atomic E-state index is -0.517. The first kappa shape index (κ1) is 21.0. The zero-order valence-electron chi connectivity index (χ0n) is 14.7. The molecule has 6 heteroatoms. The van der Waals surface area contributed by atoms with E-state index in [-0.39, 0.29) is 24.0 Å². The molecule has 0 aromatic rings. The molecule has 0 bridgehead atoms. The Kier molecular flexibility index (Phi) is 9.15. The molecule has 23 heavy (non-hydrogen) atoms.